The molecule has 5 nitrogen and oxygen atoms in total. The molecular weight excluding hydrogens is 258 g/mol. The van der Waals surface area contributed by atoms with Crippen LogP contribution >= 0.6 is 0 Å². The topological polar surface area (TPSA) is 56.8 Å². The van der Waals surface area contributed by atoms with Crippen LogP contribution in [0.2, 0.25) is 0 Å². The normalized spacial score (nSPS) is 10.4. The fourth-order valence-corrected chi connectivity index (χ4v) is 1.73. The first-order chi connectivity index (χ1) is 9.67. The molecular formula is C15H21NO4. The quantitative estimate of drug-likeness (QED) is 0.778. The highest BCUT2D eigenvalue weighted by molar-refractivity contribution is 5.92. The van der Waals surface area contributed by atoms with Crippen molar-refractivity contribution in [2.45, 2.75) is 13.3 Å². The number of ether oxygens (including phenoxy) is 3. The fraction of sp³-hybridized carbons (Fsp3) is 0.400. The standard InChI is InChI=1S/C15H21NO4/c1-5-10-16-13(17)9-7-11-6-8-12(18-2)15(20-4)14(11)19-3/h6-9H,5,10H2,1-4H3,(H,16,17)/b9-7+. The maximum absolute atomic E-state index is 11.6. The Kier molecular flexibility index (Phi) is 6.43. The van der Waals surface area contributed by atoms with E-state index in [1.807, 2.05) is 13.0 Å². The van der Waals surface area contributed by atoms with Crippen molar-refractivity contribution in [3.8, 4) is 17.2 Å². The second-order valence-corrected chi connectivity index (χ2v) is 4.05. The Bertz CT molecular complexity index is 483. The summed E-state index contributed by atoms with van der Waals surface area (Å²) in [5.41, 5.74) is 0.747. The summed E-state index contributed by atoms with van der Waals surface area (Å²) in [5.74, 6) is 1.48. The van der Waals surface area contributed by atoms with Crippen LogP contribution in [0.15, 0.2) is 18.2 Å². The molecule has 0 aliphatic carbocycles. The molecule has 110 valence electrons. The second-order valence-electron chi connectivity index (χ2n) is 4.05. The molecule has 0 atom stereocenters. The maximum Gasteiger partial charge on any atom is 0.244 e. The molecule has 0 saturated carbocycles. The van der Waals surface area contributed by atoms with Crippen molar-refractivity contribution >= 4 is 12.0 Å². The van der Waals surface area contributed by atoms with E-state index in [2.05, 4.69) is 5.32 Å². The monoisotopic (exact) mass is 279 g/mol. The number of methoxy groups -OCH3 is 3. The summed E-state index contributed by atoms with van der Waals surface area (Å²) in [5, 5.41) is 2.77. The number of rotatable bonds is 7. The number of hydrogen-bond acceptors (Lipinski definition) is 4. The minimum Gasteiger partial charge on any atom is -0.493 e. The molecule has 1 N–H and O–H groups in total. The minimum absolute atomic E-state index is 0.135. The molecule has 0 aromatic heterocycles. The Balaban J connectivity index is 3.00. The zero-order valence-corrected chi connectivity index (χ0v) is 12.4. The van der Waals surface area contributed by atoms with Gasteiger partial charge in [-0.05, 0) is 24.6 Å². The molecule has 1 rings (SSSR count). The van der Waals surface area contributed by atoms with E-state index >= 15 is 0 Å². The molecule has 0 heterocycles. The Morgan fingerprint density at radius 3 is 2.40 bits per heavy atom. The molecule has 1 amide bonds. The Hall–Kier alpha value is -2.17. The summed E-state index contributed by atoms with van der Waals surface area (Å²) >= 11 is 0. The van der Waals surface area contributed by atoms with Crippen LogP contribution in [0, 0.1) is 0 Å². The first-order valence-corrected chi connectivity index (χ1v) is 6.42. The van der Waals surface area contributed by atoms with Crippen LogP contribution in [0.5, 0.6) is 17.2 Å². The summed E-state index contributed by atoms with van der Waals surface area (Å²) in [4.78, 5) is 11.6. The number of nitrogens with one attached hydrogen (secondary N) is 1. The molecule has 1 aromatic carbocycles. The van der Waals surface area contributed by atoms with Crippen molar-refractivity contribution in [1.29, 1.82) is 0 Å². The van der Waals surface area contributed by atoms with Gasteiger partial charge in [-0.15, -0.1) is 0 Å². The largest absolute Gasteiger partial charge is 0.493 e. The predicted molar refractivity (Wildman–Crippen MR) is 78.4 cm³/mol. The highest BCUT2D eigenvalue weighted by Gasteiger charge is 2.14. The van der Waals surface area contributed by atoms with Gasteiger partial charge in [0.15, 0.2) is 11.5 Å². The van der Waals surface area contributed by atoms with Crippen LogP contribution in [-0.4, -0.2) is 33.8 Å². The van der Waals surface area contributed by atoms with Crippen molar-refractivity contribution in [1.82, 2.24) is 5.32 Å². The lowest BCUT2D eigenvalue weighted by Gasteiger charge is -2.13. The van der Waals surface area contributed by atoms with E-state index in [1.165, 1.54) is 6.08 Å². The Morgan fingerprint density at radius 1 is 1.15 bits per heavy atom. The van der Waals surface area contributed by atoms with Crippen LogP contribution in [-0.2, 0) is 4.79 Å². The summed E-state index contributed by atoms with van der Waals surface area (Å²) < 4.78 is 15.8. The van der Waals surface area contributed by atoms with Gasteiger partial charge in [0.1, 0.15) is 0 Å². The molecule has 0 aliphatic rings. The predicted octanol–water partition coefficient (Wildman–Crippen LogP) is 2.25. The van der Waals surface area contributed by atoms with Crippen molar-refractivity contribution < 1.29 is 19.0 Å². The van der Waals surface area contributed by atoms with Gasteiger partial charge in [0, 0.05) is 18.2 Å². The molecule has 5 heteroatoms. The lowest BCUT2D eigenvalue weighted by Crippen LogP contribution is -2.21. The molecule has 0 fully saturated rings. The molecule has 0 bridgehead atoms. The smallest absolute Gasteiger partial charge is 0.244 e. The number of benzene rings is 1. The SMILES string of the molecule is CCCNC(=O)/C=C/c1ccc(OC)c(OC)c1OC. The highest BCUT2D eigenvalue weighted by Crippen LogP contribution is 2.40. The number of carbonyl (C=O) groups is 1. The third kappa shape index (κ3) is 3.91. The van der Waals surface area contributed by atoms with E-state index in [0.29, 0.717) is 23.8 Å². The maximum atomic E-state index is 11.6. The van der Waals surface area contributed by atoms with E-state index in [-0.39, 0.29) is 5.91 Å². The van der Waals surface area contributed by atoms with Crippen molar-refractivity contribution in [3.63, 3.8) is 0 Å². The summed E-state index contributed by atoms with van der Waals surface area (Å²) in [6.07, 6.45) is 4.06. The second kappa shape index (κ2) is 8.09. The first-order valence-electron chi connectivity index (χ1n) is 6.42. The van der Waals surface area contributed by atoms with Gasteiger partial charge < -0.3 is 19.5 Å². The van der Waals surface area contributed by atoms with E-state index in [4.69, 9.17) is 14.2 Å². The van der Waals surface area contributed by atoms with Crippen LogP contribution in [0.4, 0.5) is 0 Å². The van der Waals surface area contributed by atoms with Crippen LogP contribution in [0.3, 0.4) is 0 Å². The van der Waals surface area contributed by atoms with Gasteiger partial charge in [-0.2, -0.15) is 0 Å². The molecule has 0 aliphatic heterocycles. The van der Waals surface area contributed by atoms with Crippen LogP contribution in [0.25, 0.3) is 6.08 Å². The van der Waals surface area contributed by atoms with E-state index < -0.39 is 0 Å². The number of carbonyl (C=O) groups excluding carboxylic acids is 1. The number of hydrogen-bond donors (Lipinski definition) is 1. The molecule has 0 spiro atoms. The van der Waals surface area contributed by atoms with Gasteiger partial charge in [-0.25, -0.2) is 0 Å². The molecule has 0 saturated heterocycles. The zero-order chi connectivity index (χ0) is 15.0. The van der Waals surface area contributed by atoms with Crippen LogP contribution in [0.1, 0.15) is 18.9 Å². The van der Waals surface area contributed by atoms with Gasteiger partial charge in [0.25, 0.3) is 0 Å². The lowest BCUT2D eigenvalue weighted by atomic mass is 10.1. The fourth-order valence-electron chi connectivity index (χ4n) is 1.73. The summed E-state index contributed by atoms with van der Waals surface area (Å²) in [6, 6.07) is 3.58. The van der Waals surface area contributed by atoms with E-state index in [9.17, 15) is 4.79 Å². The summed E-state index contributed by atoms with van der Waals surface area (Å²) in [7, 11) is 4.65. The first kappa shape index (κ1) is 15.9. The van der Waals surface area contributed by atoms with Gasteiger partial charge in [0.2, 0.25) is 11.7 Å². The molecule has 0 radical (unpaired) electrons. The Labute approximate surface area is 119 Å². The summed E-state index contributed by atoms with van der Waals surface area (Å²) in [6.45, 7) is 2.66. The van der Waals surface area contributed by atoms with E-state index in [0.717, 1.165) is 12.0 Å². The lowest BCUT2D eigenvalue weighted by molar-refractivity contribution is -0.116. The Morgan fingerprint density at radius 2 is 1.85 bits per heavy atom. The number of amides is 1. The average molecular weight is 279 g/mol. The third-order valence-corrected chi connectivity index (χ3v) is 2.70. The van der Waals surface area contributed by atoms with Gasteiger partial charge in [0.05, 0.1) is 21.3 Å². The van der Waals surface area contributed by atoms with Crippen LogP contribution < -0.4 is 19.5 Å². The van der Waals surface area contributed by atoms with Crippen molar-refractivity contribution in [3.05, 3.63) is 23.8 Å². The minimum atomic E-state index is -0.135. The highest BCUT2D eigenvalue weighted by atomic mass is 16.5. The average Bonchev–Trinajstić information content (AvgIpc) is 2.49. The molecule has 1 aromatic rings. The zero-order valence-electron chi connectivity index (χ0n) is 12.4. The van der Waals surface area contributed by atoms with E-state index in [1.54, 1.807) is 33.5 Å². The van der Waals surface area contributed by atoms with Crippen molar-refractivity contribution in [2.75, 3.05) is 27.9 Å². The van der Waals surface area contributed by atoms with Crippen molar-refractivity contribution in [2.24, 2.45) is 0 Å². The molecule has 0 unspecified atom stereocenters. The third-order valence-electron chi connectivity index (χ3n) is 2.70. The van der Waals surface area contributed by atoms with Gasteiger partial charge in [-0.3, -0.25) is 4.79 Å². The van der Waals surface area contributed by atoms with Gasteiger partial charge in [-0.1, -0.05) is 6.92 Å². The molecule has 20 heavy (non-hydrogen) atoms. The van der Waals surface area contributed by atoms with Gasteiger partial charge >= 0.3 is 0 Å².